The van der Waals surface area contributed by atoms with Crippen LogP contribution in [-0.4, -0.2) is 25.3 Å². The average molecular weight is 217 g/mol. The highest BCUT2D eigenvalue weighted by molar-refractivity contribution is 9.10. The molecule has 0 N–H and O–H groups in total. The van der Waals surface area contributed by atoms with Crippen molar-refractivity contribution in [2.45, 2.75) is 6.92 Å². The molecule has 0 spiro atoms. The quantitative estimate of drug-likeness (QED) is 0.559. The van der Waals surface area contributed by atoms with Crippen LogP contribution in [0, 0.1) is 6.92 Å². The molecule has 1 aromatic rings. The molecule has 1 heterocycles. The van der Waals surface area contributed by atoms with Gasteiger partial charge in [-0.1, -0.05) is 0 Å². The van der Waals surface area contributed by atoms with Crippen LogP contribution >= 0.6 is 15.9 Å². The Morgan fingerprint density at radius 3 is 2.90 bits per heavy atom. The summed E-state index contributed by atoms with van der Waals surface area (Å²) in [5, 5.41) is 3.87. The lowest BCUT2D eigenvalue weighted by molar-refractivity contribution is 0.881. The SMILES string of the molecule is Cc1cn[n]([AlH2])c(=O)c1Br. The van der Waals surface area contributed by atoms with Crippen molar-refractivity contribution in [1.82, 2.24) is 8.76 Å². The predicted molar refractivity (Wildman–Crippen MR) is 44.9 cm³/mol. The van der Waals surface area contributed by atoms with E-state index in [1.54, 1.807) is 6.20 Å². The molecule has 52 valence electrons. The topological polar surface area (TPSA) is 34.9 Å². The lowest BCUT2D eigenvalue weighted by Crippen LogP contribution is -2.22. The number of aryl methyl sites for hydroxylation is 1. The molecule has 1 aromatic heterocycles. The minimum Gasteiger partial charge on any atom is -0.337 e. The van der Waals surface area contributed by atoms with E-state index in [1.807, 2.05) is 6.92 Å². The van der Waals surface area contributed by atoms with E-state index in [2.05, 4.69) is 21.0 Å². The molecule has 0 aromatic carbocycles. The first-order valence-corrected chi connectivity index (χ1v) is 4.50. The third-order valence-corrected chi connectivity index (χ3v) is 2.85. The van der Waals surface area contributed by atoms with Crippen LogP contribution in [0.2, 0.25) is 0 Å². The van der Waals surface area contributed by atoms with Crippen LogP contribution in [0.5, 0.6) is 0 Å². The molecule has 1 rings (SSSR count). The fourth-order valence-electron chi connectivity index (χ4n) is 0.593. The van der Waals surface area contributed by atoms with Crippen molar-refractivity contribution in [3.8, 4) is 0 Å². The second-order valence-electron chi connectivity index (χ2n) is 2.07. The van der Waals surface area contributed by atoms with Crippen molar-refractivity contribution in [3.05, 3.63) is 26.6 Å². The van der Waals surface area contributed by atoms with Gasteiger partial charge in [-0.2, -0.15) is 0 Å². The van der Waals surface area contributed by atoms with E-state index >= 15 is 0 Å². The molecule has 0 fully saturated rings. The second-order valence-corrected chi connectivity index (χ2v) is 3.71. The molecule has 0 unspecified atom stereocenters. The standard InChI is InChI=1S/C5H5BrN2O.Al.2H/c1-3-2-7-8-5(9)4(3)6;;;/h2H,1H3,(H,8,9);;;/q;+1;;/p-1. The lowest BCUT2D eigenvalue weighted by Gasteiger charge is -1.98. The first-order valence-electron chi connectivity index (χ1n) is 2.81. The molecule has 5 heteroatoms. The summed E-state index contributed by atoms with van der Waals surface area (Å²) >= 11 is 3.81. The van der Waals surface area contributed by atoms with Crippen molar-refractivity contribution < 1.29 is 0 Å². The molecule has 0 aliphatic carbocycles. The summed E-state index contributed by atoms with van der Waals surface area (Å²) in [6.45, 7) is 1.85. The van der Waals surface area contributed by atoms with E-state index in [4.69, 9.17) is 0 Å². The zero-order valence-electron chi connectivity index (χ0n) is 5.76. The van der Waals surface area contributed by atoms with Crippen LogP contribution in [0.4, 0.5) is 0 Å². The van der Waals surface area contributed by atoms with Crippen LogP contribution in [0.1, 0.15) is 5.56 Å². The Bertz CT molecular complexity index is 309. The van der Waals surface area contributed by atoms with Crippen LogP contribution in [0.15, 0.2) is 15.5 Å². The maximum absolute atomic E-state index is 11.1. The summed E-state index contributed by atoms with van der Waals surface area (Å²) in [6.07, 6.45) is 1.68. The molecule has 3 nitrogen and oxygen atoms in total. The van der Waals surface area contributed by atoms with E-state index in [0.717, 1.165) is 5.56 Å². The maximum Gasteiger partial charge on any atom is 0.404 e. The van der Waals surface area contributed by atoms with Gasteiger partial charge in [0.2, 0.25) is 0 Å². The van der Waals surface area contributed by atoms with Crippen molar-refractivity contribution >= 4 is 32.4 Å². The molecular formula is C5H6AlBrN2O. The lowest BCUT2D eigenvalue weighted by atomic mass is 10.4. The third-order valence-electron chi connectivity index (χ3n) is 1.25. The van der Waals surface area contributed by atoms with Crippen molar-refractivity contribution in [2.24, 2.45) is 0 Å². The first-order chi connectivity index (χ1) is 4.63. The van der Waals surface area contributed by atoms with Crippen molar-refractivity contribution in [2.75, 3.05) is 0 Å². The van der Waals surface area contributed by atoms with Crippen LogP contribution in [-0.2, 0) is 0 Å². The molecule has 0 amide bonds. The highest BCUT2D eigenvalue weighted by Crippen LogP contribution is 2.06. The summed E-state index contributed by atoms with van der Waals surface area (Å²) in [7, 11) is 0. The summed E-state index contributed by atoms with van der Waals surface area (Å²) in [5.74, 6) is 0. The molecule has 0 radical (unpaired) electrons. The molecule has 0 aliphatic heterocycles. The van der Waals surface area contributed by atoms with E-state index < -0.39 is 0 Å². The van der Waals surface area contributed by atoms with Gasteiger partial charge in [0.15, 0.2) is 0 Å². The Labute approximate surface area is 74.8 Å². The molecule has 0 aliphatic rings. The fraction of sp³-hybridized carbons (Fsp3) is 0.200. The first kappa shape index (κ1) is 7.99. The number of rotatable bonds is 0. The predicted octanol–water partition coefficient (Wildman–Crippen LogP) is -0.290. The molecule has 0 atom stereocenters. The Morgan fingerprint density at radius 2 is 2.40 bits per heavy atom. The van der Waals surface area contributed by atoms with Crippen LogP contribution in [0.3, 0.4) is 0 Å². The summed E-state index contributed by atoms with van der Waals surface area (Å²) < 4.78 is 2.05. The van der Waals surface area contributed by atoms with E-state index in [-0.39, 0.29) is 5.56 Å². The maximum atomic E-state index is 11.1. The number of hydrogen-bond acceptors (Lipinski definition) is 2. The second kappa shape index (κ2) is 2.87. The molecule has 0 saturated carbocycles. The van der Waals surface area contributed by atoms with E-state index in [1.165, 1.54) is 3.67 Å². The normalized spacial score (nSPS) is 9.80. The number of aromatic nitrogens is 2. The Kier molecular flexibility index (Phi) is 2.29. The number of halogens is 1. The molecule has 0 bridgehead atoms. The molecule has 0 saturated heterocycles. The number of hydrogen-bond donors (Lipinski definition) is 0. The minimum absolute atomic E-state index is 0.0355. The van der Waals surface area contributed by atoms with E-state index in [9.17, 15) is 4.79 Å². The van der Waals surface area contributed by atoms with Gasteiger partial charge in [-0.15, -0.1) is 0 Å². The van der Waals surface area contributed by atoms with Gasteiger partial charge in [0.1, 0.15) is 0 Å². The van der Waals surface area contributed by atoms with Crippen molar-refractivity contribution in [3.63, 3.8) is 0 Å². The van der Waals surface area contributed by atoms with Gasteiger partial charge in [0, 0.05) is 6.20 Å². The highest BCUT2D eigenvalue weighted by atomic mass is 79.9. The summed E-state index contributed by atoms with van der Waals surface area (Å²) in [5.41, 5.74) is 0.851. The molecule has 10 heavy (non-hydrogen) atoms. The zero-order chi connectivity index (χ0) is 7.72. The van der Waals surface area contributed by atoms with Gasteiger partial charge in [0.25, 0.3) is 5.56 Å². The average Bonchev–Trinajstić information content (AvgIpc) is 1.93. The Balaban J connectivity index is 3.50. The third kappa shape index (κ3) is 1.31. The Hall–Kier alpha value is -0.108. The zero-order valence-corrected chi connectivity index (χ0v) is 9.34. The summed E-state index contributed by atoms with van der Waals surface area (Å²) in [4.78, 5) is 11.1. The number of nitrogens with zero attached hydrogens (tertiary/aromatic N) is 2. The largest absolute Gasteiger partial charge is 0.404 e. The fourth-order valence-corrected chi connectivity index (χ4v) is 1.62. The van der Waals surface area contributed by atoms with Gasteiger partial charge >= 0.3 is 16.5 Å². The van der Waals surface area contributed by atoms with Crippen LogP contribution in [0.25, 0.3) is 0 Å². The Morgan fingerprint density at radius 1 is 1.80 bits per heavy atom. The smallest absolute Gasteiger partial charge is 0.337 e. The monoisotopic (exact) mass is 216 g/mol. The van der Waals surface area contributed by atoms with Crippen LogP contribution < -0.4 is 5.56 Å². The van der Waals surface area contributed by atoms with Gasteiger partial charge in [-0.25, -0.2) is 5.10 Å². The van der Waals surface area contributed by atoms with Gasteiger partial charge in [-0.05, 0) is 28.4 Å². The molecular weight excluding hydrogens is 211 g/mol. The minimum atomic E-state index is -0.0355. The van der Waals surface area contributed by atoms with Crippen molar-refractivity contribution in [1.29, 1.82) is 0 Å². The van der Waals surface area contributed by atoms with Gasteiger partial charge in [-0.3, -0.25) is 4.79 Å². The van der Waals surface area contributed by atoms with Gasteiger partial charge < -0.3 is 3.67 Å². The van der Waals surface area contributed by atoms with Gasteiger partial charge in [0.05, 0.1) is 4.47 Å². The highest BCUT2D eigenvalue weighted by Gasteiger charge is 1.99. The van der Waals surface area contributed by atoms with E-state index in [0.29, 0.717) is 21.0 Å². The summed E-state index contributed by atoms with van der Waals surface area (Å²) in [6, 6.07) is 0.